The molecule has 116 valence electrons. The minimum absolute atomic E-state index is 0.0308. The van der Waals surface area contributed by atoms with Crippen LogP contribution in [-0.4, -0.2) is 21.1 Å². The van der Waals surface area contributed by atoms with Gasteiger partial charge in [0.1, 0.15) is 5.75 Å². The molecule has 2 aromatic carbocycles. The molecule has 23 heavy (non-hydrogen) atoms. The Balaban J connectivity index is 1.96. The van der Waals surface area contributed by atoms with Crippen LogP contribution >= 0.6 is 15.9 Å². The average Bonchev–Trinajstić information content (AvgIpc) is 2.85. The standard InChI is InChI=1S/C16H12BrN3O3/c1-8-3-2-4-10-13(8)18-16(23)14(10)19-20-15(22)9-5-6-12(21)11(17)7-9/h2-7,18,21,23H,1H3. The van der Waals surface area contributed by atoms with E-state index in [1.54, 1.807) is 6.07 Å². The Morgan fingerprint density at radius 1 is 1.22 bits per heavy atom. The van der Waals surface area contributed by atoms with Crippen LogP contribution in [0.5, 0.6) is 11.6 Å². The predicted molar refractivity (Wildman–Crippen MR) is 89.4 cm³/mol. The Morgan fingerprint density at radius 2 is 2.00 bits per heavy atom. The number of benzene rings is 2. The van der Waals surface area contributed by atoms with E-state index in [-0.39, 0.29) is 22.9 Å². The minimum Gasteiger partial charge on any atom is -0.507 e. The molecule has 0 unspecified atom stereocenters. The van der Waals surface area contributed by atoms with Gasteiger partial charge in [0, 0.05) is 10.9 Å². The summed E-state index contributed by atoms with van der Waals surface area (Å²) in [5.74, 6) is -0.687. The van der Waals surface area contributed by atoms with Gasteiger partial charge in [0.15, 0.2) is 5.69 Å². The molecule has 0 saturated carbocycles. The number of aryl methyl sites for hydroxylation is 1. The quantitative estimate of drug-likeness (QED) is 0.573. The molecule has 3 rings (SSSR count). The van der Waals surface area contributed by atoms with Gasteiger partial charge in [-0.25, -0.2) is 0 Å². The molecule has 7 heteroatoms. The van der Waals surface area contributed by atoms with E-state index in [9.17, 15) is 15.0 Å². The average molecular weight is 374 g/mol. The molecular weight excluding hydrogens is 362 g/mol. The molecule has 1 heterocycles. The van der Waals surface area contributed by atoms with Gasteiger partial charge in [0.05, 0.1) is 9.99 Å². The zero-order valence-electron chi connectivity index (χ0n) is 12.0. The molecule has 0 radical (unpaired) electrons. The van der Waals surface area contributed by atoms with Crippen molar-refractivity contribution in [3.05, 3.63) is 52.0 Å². The second-order valence-electron chi connectivity index (χ2n) is 4.99. The molecule has 0 aliphatic heterocycles. The molecule has 3 N–H and O–H groups in total. The van der Waals surface area contributed by atoms with Crippen LogP contribution in [0, 0.1) is 6.92 Å². The number of nitrogens with one attached hydrogen (secondary N) is 1. The van der Waals surface area contributed by atoms with Crippen molar-refractivity contribution in [2.45, 2.75) is 6.92 Å². The highest BCUT2D eigenvalue weighted by atomic mass is 79.9. The Labute approximate surface area is 139 Å². The second-order valence-corrected chi connectivity index (χ2v) is 5.85. The number of aromatic nitrogens is 1. The van der Waals surface area contributed by atoms with Crippen LogP contribution in [0.15, 0.2) is 51.1 Å². The number of carbonyl (C=O) groups excluding carboxylic acids is 1. The van der Waals surface area contributed by atoms with E-state index in [1.165, 1.54) is 18.2 Å². The first-order chi connectivity index (χ1) is 11.0. The van der Waals surface area contributed by atoms with Crippen molar-refractivity contribution in [3.63, 3.8) is 0 Å². The van der Waals surface area contributed by atoms with Crippen molar-refractivity contribution in [1.82, 2.24) is 4.98 Å². The Morgan fingerprint density at radius 3 is 2.74 bits per heavy atom. The molecule has 0 bridgehead atoms. The molecule has 0 aliphatic rings. The van der Waals surface area contributed by atoms with E-state index < -0.39 is 5.91 Å². The summed E-state index contributed by atoms with van der Waals surface area (Å²) in [5.41, 5.74) is 2.19. The molecule has 6 nitrogen and oxygen atoms in total. The first kappa shape index (κ1) is 15.2. The summed E-state index contributed by atoms with van der Waals surface area (Å²) in [6, 6.07) is 9.81. The lowest BCUT2D eigenvalue weighted by atomic mass is 10.1. The highest BCUT2D eigenvalue weighted by molar-refractivity contribution is 9.10. The van der Waals surface area contributed by atoms with Crippen molar-refractivity contribution >= 4 is 38.4 Å². The van der Waals surface area contributed by atoms with Gasteiger partial charge in [0.2, 0.25) is 5.88 Å². The number of azo groups is 1. The van der Waals surface area contributed by atoms with E-state index >= 15 is 0 Å². The summed E-state index contributed by atoms with van der Waals surface area (Å²) in [6.07, 6.45) is 0. The summed E-state index contributed by atoms with van der Waals surface area (Å²) in [4.78, 5) is 14.9. The van der Waals surface area contributed by atoms with Gasteiger partial charge in [-0.3, -0.25) is 4.79 Å². The third-order valence-corrected chi connectivity index (χ3v) is 4.07. The van der Waals surface area contributed by atoms with Crippen LogP contribution in [0.25, 0.3) is 10.9 Å². The van der Waals surface area contributed by atoms with Crippen LogP contribution in [0.3, 0.4) is 0 Å². The number of carbonyl (C=O) groups is 1. The lowest BCUT2D eigenvalue weighted by Crippen LogP contribution is -1.93. The van der Waals surface area contributed by atoms with E-state index in [0.29, 0.717) is 9.86 Å². The number of fused-ring (bicyclic) bond motifs is 1. The van der Waals surface area contributed by atoms with E-state index in [0.717, 1.165) is 11.1 Å². The fourth-order valence-corrected chi connectivity index (χ4v) is 2.61. The minimum atomic E-state index is -0.577. The number of para-hydroxylation sites is 1. The first-order valence-electron chi connectivity index (χ1n) is 6.72. The Hall–Kier alpha value is -2.67. The highest BCUT2D eigenvalue weighted by Crippen LogP contribution is 2.36. The highest BCUT2D eigenvalue weighted by Gasteiger charge is 2.13. The largest absolute Gasteiger partial charge is 0.507 e. The number of aromatic hydroxyl groups is 2. The molecule has 0 fully saturated rings. The number of amides is 1. The lowest BCUT2D eigenvalue weighted by Gasteiger charge is -1.98. The summed E-state index contributed by atoms with van der Waals surface area (Å²) < 4.78 is 0.393. The third kappa shape index (κ3) is 2.83. The monoisotopic (exact) mass is 373 g/mol. The third-order valence-electron chi connectivity index (χ3n) is 3.43. The van der Waals surface area contributed by atoms with Crippen LogP contribution in [0.4, 0.5) is 5.69 Å². The van der Waals surface area contributed by atoms with E-state index in [1.807, 2.05) is 19.1 Å². The first-order valence-corrected chi connectivity index (χ1v) is 7.51. The Kier molecular flexibility index (Phi) is 3.87. The smallest absolute Gasteiger partial charge is 0.295 e. The molecule has 0 spiro atoms. The van der Waals surface area contributed by atoms with Gasteiger partial charge in [-0.1, -0.05) is 18.2 Å². The van der Waals surface area contributed by atoms with Crippen LogP contribution < -0.4 is 0 Å². The number of phenolic OH excluding ortho intramolecular Hbond substituents is 1. The Bertz CT molecular complexity index is 947. The summed E-state index contributed by atoms with van der Waals surface area (Å²) >= 11 is 3.14. The van der Waals surface area contributed by atoms with Crippen molar-refractivity contribution in [1.29, 1.82) is 0 Å². The van der Waals surface area contributed by atoms with Crippen molar-refractivity contribution in [2.75, 3.05) is 0 Å². The predicted octanol–water partition coefficient (Wildman–Crippen LogP) is 4.57. The number of halogens is 1. The zero-order chi connectivity index (χ0) is 16.6. The lowest BCUT2D eigenvalue weighted by molar-refractivity contribution is 0.0995. The van der Waals surface area contributed by atoms with E-state index in [2.05, 4.69) is 31.1 Å². The maximum atomic E-state index is 12.1. The maximum absolute atomic E-state index is 12.1. The second kappa shape index (κ2) is 5.85. The van der Waals surface area contributed by atoms with Gasteiger partial charge in [0.25, 0.3) is 5.91 Å². The number of aromatic amines is 1. The van der Waals surface area contributed by atoms with Crippen molar-refractivity contribution in [2.24, 2.45) is 10.2 Å². The SMILES string of the molecule is Cc1cccc2c(N=NC(=O)c3ccc(O)c(Br)c3)c(O)[nH]c12. The fourth-order valence-electron chi connectivity index (χ4n) is 2.23. The topological polar surface area (TPSA) is 98.0 Å². The van der Waals surface area contributed by atoms with Gasteiger partial charge < -0.3 is 15.2 Å². The number of rotatable bonds is 2. The normalized spacial score (nSPS) is 11.4. The zero-order valence-corrected chi connectivity index (χ0v) is 13.6. The molecule has 0 saturated heterocycles. The number of hydrogen-bond acceptors (Lipinski definition) is 4. The summed E-state index contributed by atoms with van der Waals surface area (Å²) in [5, 5.41) is 27.6. The molecule has 0 aliphatic carbocycles. The van der Waals surface area contributed by atoms with Gasteiger partial charge in [-0.15, -0.1) is 10.2 Å². The number of hydrogen-bond donors (Lipinski definition) is 3. The molecule has 3 aromatic rings. The van der Waals surface area contributed by atoms with Gasteiger partial charge >= 0.3 is 0 Å². The van der Waals surface area contributed by atoms with Crippen LogP contribution in [-0.2, 0) is 0 Å². The number of phenols is 1. The summed E-state index contributed by atoms with van der Waals surface area (Å²) in [7, 11) is 0. The van der Waals surface area contributed by atoms with E-state index in [4.69, 9.17) is 0 Å². The number of H-pyrrole nitrogens is 1. The summed E-state index contributed by atoms with van der Waals surface area (Å²) in [6.45, 7) is 1.90. The molecule has 1 aromatic heterocycles. The fraction of sp³-hybridized carbons (Fsp3) is 0.0625. The number of nitrogens with zero attached hydrogens (tertiary/aromatic N) is 2. The van der Waals surface area contributed by atoms with Gasteiger partial charge in [-0.2, -0.15) is 0 Å². The van der Waals surface area contributed by atoms with Crippen LogP contribution in [0.1, 0.15) is 15.9 Å². The van der Waals surface area contributed by atoms with Crippen molar-refractivity contribution in [3.8, 4) is 11.6 Å². The molecule has 1 amide bonds. The maximum Gasteiger partial charge on any atom is 0.295 e. The van der Waals surface area contributed by atoms with Crippen molar-refractivity contribution < 1.29 is 15.0 Å². The molecular formula is C16H12BrN3O3. The van der Waals surface area contributed by atoms with Crippen LogP contribution in [0.2, 0.25) is 0 Å². The van der Waals surface area contributed by atoms with Gasteiger partial charge in [-0.05, 0) is 46.6 Å². The molecule has 0 atom stereocenters.